The first kappa shape index (κ1) is 22.8. The van der Waals surface area contributed by atoms with E-state index in [1.165, 1.54) is 6.33 Å². The summed E-state index contributed by atoms with van der Waals surface area (Å²) in [5, 5.41) is 3.38. The zero-order valence-corrected chi connectivity index (χ0v) is 18.3. The zero-order chi connectivity index (χ0) is 23.1. The van der Waals surface area contributed by atoms with Crippen molar-refractivity contribution in [1.82, 2.24) is 15.4 Å². The number of halogens is 1. The van der Waals surface area contributed by atoms with Gasteiger partial charge in [-0.05, 0) is 42.3 Å². The summed E-state index contributed by atoms with van der Waals surface area (Å²) in [6.45, 7) is 4.30. The van der Waals surface area contributed by atoms with Crippen molar-refractivity contribution in [1.29, 1.82) is 0 Å². The Morgan fingerprint density at radius 2 is 1.75 bits per heavy atom. The van der Waals surface area contributed by atoms with E-state index in [2.05, 4.69) is 26.1 Å². The van der Waals surface area contributed by atoms with Crippen molar-refractivity contribution in [3.63, 3.8) is 0 Å². The minimum absolute atomic E-state index is 0.187. The number of hydrogen-bond acceptors (Lipinski definition) is 8. The molecule has 0 radical (unpaired) electrons. The minimum Gasteiger partial charge on any atom is -0.462 e. The van der Waals surface area contributed by atoms with Gasteiger partial charge in [0.15, 0.2) is 11.6 Å². The molecule has 0 saturated carbocycles. The molecule has 5 N–H and O–H groups in total. The van der Waals surface area contributed by atoms with Gasteiger partial charge in [0.1, 0.15) is 12.0 Å². The lowest BCUT2D eigenvalue weighted by molar-refractivity contribution is 0.0459. The minimum atomic E-state index is -0.442. The van der Waals surface area contributed by atoms with Gasteiger partial charge in [0.05, 0.1) is 22.8 Å². The highest BCUT2D eigenvalue weighted by Crippen LogP contribution is 2.25. The molecule has 9 nitrogen and oxygen atoms in total. The molecule has 1 aromatic heterocycles. The number of nitrogen functional groups attached to an aromatic ring is 1. The summed E-state index contributed by atoms with van der Waals surface area (Å²) in [6.07, 6.45) is 1.29. The number of carbonyl (C=O) groups is 2. The summed E-state index contributed by atoms with van der Waals surface area (Å²) in [4.78, 5) is 32.5. The van der Waals surface area contributed by atoms with E-state index >= 15 is 0 Å². The van der Waals surface area contributed by atoms with Gasteiger partial charge < -0.3 is 15.8 Å². The number of aromatic nitrogens is 2. The van der Waals surface area contributed by atoms with E-state index in [0.29, 0.717) is 34.3 Å². The van der Waals surface area contributed by atoms with Crippen molar-refractivity contribution in [2.45, 2.75) is 13.8 Å². The summed E-state index contributed by atoms with van der Waals surface area (Å²) in [7, 11) is 0. The van der Waals surface area contributed by atoms with Crippen LogP contribution < -0.4 is 21.9 Å². The van der Waals surface area contributed by atoms with Gasteiger partial charge in [0.25, 0.3) is 5.91 Å². The first-order valence-electron chi connectivity index (χ1n) is 9.80. The monoisotopic (exact) mass is 454 g/mol. The number of nitrogens with zero attached hydrogens (tertiary/aromatic N) is 2. The number of rotatable bonds is 8. The molecule has 0 bridgehead atoms. The van der Waals surface area contributed by atoms with Crippen molar-refractivity contribution in [2.24, 2.45) is 5.92 Å². The lowest BCUT2D eigenvalue weighted by atomic mass is 10.2. The van der Waals surface area contributed by atoms with Gasteiger partial charge in [-0.3, -0.25) is 15.6 Å². The number of nitrogens with two attached hydrogens (primary N) is 1. The predicted octanol–water partition coefficient (Wildman–Crippen LogP) is 4.03. The summed E-state index contributed by atoms with van der Waals surface area (Å²) in [5.74, 6) is -0.0325. The van der Waals surface area contributed by atoms with E-state index in [9.17, 15) is 9.59 Å². The van der Waals surface area contributed by atoms with Crippen LogP contribution in [0, 0.1) is 5.92 Å². The second-order valence-electron chi connectivity index (χ2n) is 7.24. The Balaban J connectivity index is 1.65. The Bertz CT molecular complexity index is 1110. The number of hydrazine groups is 1. The number of hydrogen-bond donors (Lipinski definition) is 4. The summed E-state index contributed by atoms with van der Waals surface area (Å²) in [5.41, 5.74) is 12.9. The van der Waals surface area contributed by atoms with E-state index in [-0.39, 0.29) is 23.4 Å². The number of ether oxygens (including phenoxy) is 1. The van der Waals surface area contributed by atoms with Gasteiger partial charge in [-0.2, -0.15) is 0 Å². The number of anilines is 4. The van der Waals surface area contributed by atoms with Crippen LogP contribution in [0.15, 0.2) is 54.9 Å². The van der Waals surface area contributed by atoms with E-state index in [0.717, 1.165) is 0 Å². The van der Waals surface area contributed by atoms with Crippen molar-refractivity contribution in [3.8, 4) is 0 Å². The molecule has 10 heteroatoms. The topological polar surface area (TPSA) is 131 Å². The van der Waals surface area contributed by atoms with Gasteiger partial charge in [0.2, 0.25) is 0 Å². The molecule has 3 rings (SSSR count). The highest BCUT2D eigenvalue weighted by Gasteiger charge is 2.13. The molecule has 1 heterocycles. The highest BCUT2D eigenvalue weighted by molar-refractivity contribution is 6.33. The predicted molar refractivity (Wildman–Crippen MR) is 124 cm³/mol. The lowest BCUT2D eigenvalue weighted by Crippen LogP contribution is -2.30. The van der Waals surface area contributed by atoms with Crippen molar-refractivity contribution in [2.75, 3.05) is 23.1 Å². The van der Waals surface area contributed by atoms with Crippen molar-refractivity contribution >= 4 is 46.5 Å². The van der Waals surface area contributed by atoms with Crippen LogP contribution in [0.2, 0.25) is 5.02 Å². The third-order valence-electron chi connectivity index (χ3n) is 4.23. The van der Waals surface area contributed by atoms with Crippen LogP contribution in [-0.2, 0) is 4.74 Å². The van der Waals surface area contributed by atoms with Crippen LogP contribution in [0.25, 0.3) is 0 Å². The van der Waals surface area contributed by atoms with E-state index in [1.807, 2.05) is 13.8 Å². The molecular formula is C22H23ClN6O3. The van der Waals surface area contributed by atoms with E-state index in [1.54, 1.807) is 48.5 Å². The molecule has 2 aromatic carbocycles. The van der Waals surface area contributed by atoms with Gasteiger partial charge in [-0.25, -0.2) is 14.8 Å². The maximum absolute atomic E-state index is 12.3. The van der Waals surface area contributed by atoms with E-state index in [4.69, 9.17) is 22.1 Å². The van der Waals surface area contributed by atoms with Crippen LogP contribution in [0.4, 0.5) is 23.0 Å². The molecular weight excluding hydrogens is 432 g/mol. The molecule has 0 aliphatic heterocycles. The fraction of sp³-hybridized carbons (Fsp3) is 0.182. The molecule has 1 amide bonds. The molecule has 0 fully saturated rings. The van der Waals surface area contributed by atoms with E-state index < -0.39 is 5.91 Å². The zero-order valence-electron chi connectivity index (χ0n) is 17.6. The first-order chi connectivity index (χ1) is 15.3. The Kier molecular flexibility index (Phi) is 7.45. The van der Waals surface area contributed by atoms with Crippen molar-refractivity contribution in [3.05, 3.63) is 71.0 Å². The number of carbonyl (C=O) groups excluding carboxylic acids is 2. The first-order valence-corrected chi connectivity index (χ1v) is 10.2. The smallest absolute Gasteiger partial charge is 0.338 e. The maximum atomic E-state index is 12.3. The quantitative estimate of drug-likeness (QED) is 0.296. The Labute approximate surface area is 190 Å². The van der Waals surface area contributed by atoms with Crippen LogP contribution >= 0.6 is 11.6 Å². The number of esters is 1. The molecule has 3 aromatic rings. The largest absolute Gasteiger partial charge is 0.462 e. The normalized spacial score (nSPS) is 10.5. The average Bonchev–Trinajstić information content (AvgIpc) is 2.78. The molecule has 0 atom stereocenters. The Morgan fingerprint density at radius 1 is 1.06 bits per heavy atom. The summed E-state index contributed by atoms with van der Waals surface area (Å²) >= 11 is 6.03. The van der Waals surface area contributed by atoms with Gasteiger partial charge >= 0.3 is 5.97 Å². The third-order valence-corrected chi connectivity index (χ3v) is 4.56. The van der Waals surface area contributed by atoms with Gasteiger partial charge in [0, 0.05) is 5.69 Å². The second kappa shape index (κ2) is 10.5. The molecule has 0 saturated heterocycles. The maximum Gasteiger partial charge on any atom is 0.338 e. The summed E-state index contributed by atoms with van der Waals surface area (Å²) < 4.78 is 5.22. The van der Waals surface area contributed by atoms with Crippen LogP contribution in [0.1, 0.15) is 34.6 Å². The molecule has 166 valence electrons. The Morgan fingerprint density at radius 3 is 2.44 bits per heavy atom. The SMILES string of the molecule is CC(C)COC(=O)c1ccc(Nc2ncnc(NNC(=O)c3ccccc3Cl)c2N)cc1. The molecule has 0 aliphatic rings. The Hall–Kier alpha value is -3.85. The molecule has 0 spiro atoms. The third kappa shape index (κ3) is 5.86. The fourth-order valence-electron chi connectivity index (χ4n) is 2.58. The highest BCUT2D eigenvalue weighted by atomic mass is 35.5. The molecule has 0 unspecified atom stereocenters. The van der Waals surface area contributed by atoms with Gasteiger partial charge in [-0.15, -0.1) is 0 Å². The molecule has 0 aliphatic carbocycles. The average molecular weight is 455 g/mol. The number of amides is 1. The fourth-order valence-corrected chi connectivity index (χ4v) is 2.80. The number of nitrogens with one attached hydrogen (secondary N) is 3. The van der Waals surface area contributed by atoms with Crippen LogP contribution in [0.3, 0.4) is 0 Å². The molecule has 32 heavy (non-hydrogen) atoms. The van der Waals surface area contributed by atoms with Gasteiger partial charge in [-0.1, -0.05) is 37.6 Å². The van der Waals surface area contributed by atoms with Crippen LogP contribution in [-0.4, -0.2) is 28.5 Å². The second-order valence-corrected chi connectivity index (χ2v) is 7.65. The standard InChI is InChI=1S/C22H23ClN6O3/c1-13(2)11-32-22(31)14-7-9-15(10-8-14)27-19-18(24)20(26-12-25-19)28-29-21(30)16-5-3-4-6-17(16)23/h3-10,12-13H,11,24H2,1-2H3,(H,29,30)(H2,25,26,27,28). The summed E-state index contributed by atoms with van der Waals surface area (Å²) in [6, 6.07) is 13.4. The lowest BCUT2D eigenvalue weighted by Gasteiger charge is -2.14. The number of benzene rings is 2. The van der Waals surface area contributed by atoms with Crippen molar-refractivity contribution < 1.29 is 14.3 Å². The van der Waals surface area contributed by atoms with Crippen LogP contribution in [0.5, 0.6) is 0 Å².